The molecule has 0 atom stereocenters. The Hall–Kier alpha value is -2.02. The summed E-state index contributed by atoms with van der Waals surface area (Å²) in [5, 5.41) is 11.7. The number of nitriles is 1. The molecule has 0 unspecified atom stereocenters. The van der Waals surface area contributed by atoms with Gasteiger partial charge in [0.2, 0.25) is 0 Å². The molecular formula is C12H16N4. The number of nitrogens with one attached hydrogen (secondary N) is 1. The quantitative estimate of drug-likeness (QED) is 0.592. The van der Waals surface area contributed by atoms with Crippen LogP contribution in [0.2, 0.25) is 0 Å². The van der Waals surface area contributed by atoms with Crippen LogP contribution in [-0.2, 0) is 6.54 Å². The molecule has 1 rings (SSSR count). The lowest BCUT2D eigenvalue weighted by atomic mass is 10.1. The van der Waals surface area contributed by atoms with Gasteiger partial charge in [0, 0.05) is 6.04 Å². The molecule has 16 heavy (non-hydrogen) atoms. The molecule has 0 aliphatic rings. The van der Waals surface area contributed by atoms with E-state index in [1.54, 1.807) is 6.07 Å². The molecule has 0 amide bonds. The third kappa shape index (κ3) is 4.01. The Bertz CT molecular complexity index is 415. The van der Waals surface area contributed by atoms with Crippen LogP contribution in [-0.4, -0.2) is 12.0 Å². The highest BCUT2D eigenvalue weighted by molar-refractivity contribution is 5.78. The van der Waals surface area contributed by atoms with Gasteiger partial charge in [-0.05, 0) is 31.5 Å². The summed E-state index contributed by atoms with van der Waals surface area (Å²) in [5.41, 5.74) is 7.29. The van der Waals surface area contributed by atoms with Gasteiger partial charge in [-0.15, -0.1) is 0 Å². The minimum atomic E-state index is 0.272. The predicted octanol–water partition coefficient (Wildman–Crippen LogP) is 1.37. The van der Waals surface area contributed by atoms with Gasteiger partial charge in [0.25, 0.3) is 0 Å². The standard InChI is InChI=1S/C12H16N4/c1-9(2)16-12(14)15-8-11-5-3-4-10(6-11)7-13/h3-6,9H,8H2,1-2H3,(H3,14,15,16). The maximum atomic E-state index is 8.74. The zero-order valence-corrected chi connectivity index (χ0v) is 9.57. The van der Waals surface area contributed by atoms with E-state index in [0.29, 0.717) is 18.1 Å². The Morgan fingerprint density at radius 1 is 1.56 bits per heavy atom. The van der Waals surface area contributed by atoms with Crippen molar-refractivity contribution in [1.82, 2.24) is 5.32 Å². The van der Waals surface area contributed by atoms with Crippen LogP contribution in [0.1, 0.15) is 25.0 Å². The van der Waals surface area contributed by atoms with Crippen molar-refractivity contribution in [3.63, 3.8) is 0 Å². The summed E-state index contributed by atoms with van der Waals surface area (Å²) in [6.45, 7) is 4.48. The van der Waals surface area contributed by atoms with Gasteiger partial charge in [0.1, 0.15) is 0 Å². The summed E-state index contributed by atoms with van der Waals surface area (Å²) in [6.07, 6.45) is 0. The summed E-state index contributed by atoms with van der Waals surface area (Å²) >= 11 is 0. The molecule has 0 aliphatic carbocycles. The summed E-state index contributed by atoms with van der Waals surface area (Å²) in [6, 6.07) is 9.71. The Labute approximate surface area is 95.8 Å². The average Bonchev–Trinajstić information content (AvgIpc) is 2.26. The van der Waals surface area contributed by atoms with Crippen molar-refractivity contribution in [2.45, 2.75) is 26.4 Å². The van der Waals surface area contributed by atoms with Crippen LogP contribution in [0.3, 0.4) is 0 Å². The lowest BCUT2D eigenvalue weighted by molar-refractivity contribution is 0.723. The van der Waals surface area contributed by atoms with Gasteiger partial charge in [-0.1, -0.05) is 12.1 Å². The molecule has 0 aliphatic heterocycles. The second-order valence-corrected chi connectivity index (χ2v) is 3.81. The van der Waals surface area contributed by atoms with Crippen molar-refractivity contribution in [3.05, 3.63) is 35.4 Å². The molecule has 0 saturated heterocycles. The molecular weight excluding hydrogens is 200 g/mol. The molecule has 0 aromatic heterocycles. The highest BCUT2D eigenvalue weighted by Gasteiger charge is 1.96. The third-order valence-corrected chi connectivity index (χ3v) is 1.92. The van der Waals surface area contributed by atoms with Crippen LogP contribution in [0.25, 0.3) is 0 Å². The van der Waals surface area contributed by atoms with Crippen LogP contribution >= 0.6 is 0 Å². The normalized spacial score (nSPS) is 11.2. The molecule has 0 spiro atoms. The van der Waals surface area contributed by atoms with E-state index in [1.807, 2.05) is 32.0 Å². The van der Waals surface area contributed by atoms with E-state index in [1.165, 1.54) is 0 Å². The third-order valence-electron chi connectivity index (χ3n) is 1.92. The number of nitrogens with zero attached hydrogens (tertiary/aromatic N) is 2. The van der Waals surface area contributed by atoms with Crippen molar-refractivity contribution >= 4 is 5.96 Å². The fourth-order valence-corrected chi connectivity index (χ4v) is 1.26. The van der Waals surface area contributed by atoms with Crippen molar-refractivity contribution in [2.75, 3.05) is 0 Å². The molecule has 0 radical (unpaired) electrons. The first-order valence-electron chi connectivity index (χ1n) is 5.17. The van der Waals surface area contributed by atoms with Crippen LogP contribution in [0.4, 0.5) is 0 Å². The molecule has 0 saturated carbocycles. The molecule has 4 nitrogen and oxygen atoms in total. The summed E-state index contributed by atoms with van der Waals surface area (Å²) < 4.78 is 0. The lowest BCUT2D eigenvalue weighted by Gasteiger charge is -2.08. The van der Waals surface area contributed by atoms with Gasteiger partial charge in [-0.3, -0.25) is 0 Å². The molecule has 1 aromatic carbocycles. The number of hydrogen-bond acceptors (Lipinski definition) is 2. The first-order valence-corrected chi connectivity index (χ1v) is 5.17. The first kappa shape index (κ1) is 12.1. The zero-order chi connectivity index (χ0) is 12.0. The van der Waals surface area contributed by atoms with E-state index in [0.717, 1.165) is 5.56 Å². The van der Waals surface area contributed by atoms with E-state index in [2.05, 4.69) is 16.4 Å². The highest BCUT2D eigenvalue weighted by Crippen LogP contribution is 2.05. The smallest absolute Gasteiger partial charge is 0.189 e. The number of nitrogens with two attached hydrogens (primary N) is 1. The number of benzene rings is 1. The maximum Gasteiger partial charge on any atom is 0.189 e. The molecule has 3 N–H and O–H groups in total. The van der Waals surface area contributed by atoms with E-state index in [9.17, 15) is 0 Å². The van der Waals surface area contributed by atoms with Crippen molar-refractivity contribution in [2.24, 2.45) is 10.7 Å². The van der Waals surface area contributed by atoms with Gasteiger partial charge in [-0.2, -0.15) is 5.26 Å². The molecule has 1 aromatic rings. The van der Waals surface area contributed by atoms with Gasteiger partial charge in [0.15, 0.2) is 5.96 Å². The molecule has 0 fully saturated rings. The van der Waals surface area contributed by atoms with Crippen LogP contribution in [0, 0.1) is 11.3 Å². The van der Waals surface area contributed by atoms with Gasteiger partial charge in [-0.25, -0.2) is 4.99 Å². The summed E-state index contributed by atoms with van der Waals surface area (Å²) in [5.74, 6) is 0.428. The van der Waals surface area contributed by atoms with Gasteiger partial charge >= 0.3 is 0 Å². The lowest BCUT2D eigenvalue weighted by Crippen LogP contribution is -2.36. The summed E-state index contributed by atoms with van der Waals surface area (Å²) in [4.78, 5) is 4.18. The van der Waals surface area contributed by atoms with Crippen molar-refractivity contribution in [1.29, 1.82) is 5.26 Å². The first-order chi connectivity index (χ1) is 7.61. The Morgan fingerprint density at radius 2 is 2.31 bits per heavy atom. The Balaban J connectivity index is 2.64. The van der Waals surface area contributed by atoms with Crippen LogP contribution < -0.4 is 11.1 Å². The minimum absolute atomic E-state index is 0.272. The molecule has 0 heterocycles. The minimum Gasteiger partial charge on any atom is -0.370 e. The van der Waals surface area contributed by atoms with E-state index < -0.39 is 0 Å². The largest absolute Gasteiger partial charge is 0.370 e. The predicted molar refractivity (Wildman–Crippen MR) is 64.8 cm³/mol. The van der Waals surface area contributed by atoms with Gasteiger partial charge < -0.3 is 11.1 Å². The highest BCUT2D eigenvalue weighted by atomic mass is 15.1. The number of hydrogen-bond donors (Lipinski definition) is 2. The fraction of sp³-hybridized carbons (Fsp3) is 0.333. The average molecular weight is 216 g/mol. The second kappa shape index (κ2) is 5.76. The Morgan fingerprint density at radius 3 is 2.94 bits per heavy atom. The van der Waals surface area contributed by atoms with Crippen LogP contribution in [0.15, 0.2) is 29.3 Å². The molecule has 84 valence electrons. The monoisotopic (exact) mass is 216 g/mol. The summed E-state index contributed by atoms with van der Waals surface area (Å²) in [7, 11) is 0. The topological polar surface area (TPSA) is 74.2 Å². The zero-order valence-electron chi connectivity index (χ0n) is 9.57. The van der Waals surface area contributed by atoms with E-state index in [4.69, 9.17) is 11.0 Å². The fourth-order valence-electron chi connectivity index (χ4n) is 1.26. The van der Waals surface area contributed by atoms with Crippen molar-refractivity contribution < 1.29 is 0 Å². The SMILES string of the molecule is CC(C)NC(N)=NCc1cccc(C#N)c1. The van der Waals surface area contributed by atoms with Crippen molar-refractivity contribution in [3.8, 4) is 6.07 Å². The number of guanidine groups is 1. The van der Waals surface area contributed by atoms with E-state index in [-0.39, 0.29) is 6.04 Å². The second-order valence-electron chi connectivity index (χ2n) is 3.81. The number of rotatable bonds is 3. The Kier molecular flexibility index (Phi) is 4.34. The molecule has 4 heteroatoms. The van der Waals surface area contributed by atoms with Gasteiger partial charge in [0.05, 0.1) is 18.2 Å². The van der Waals surface area contributed by atoms with Crippen LogP contribution in [0.5, 0.6) is 0 Å². The number of aliphatic imine (C=N–C) groups is 1. The maximum absolute atomic E-state index is 8.74. The molecule has 0 bridgehead atoms. The van der Waals surface area contributed by atoms with E-state index >= 15 is 0 Å².